The van der Waals surface area contributed by atoms with E-state index in [1.807, 2.05) is 90.4 Å². The number of benzene rings is 3. The number of methoxy groups -OCH3 is 1. The zero-order chi connectivity index (χ0) is 23.7. The highest BCUT2D eigenvalue weighted by Crippen LogP contribution is 2.30. The Morgan fingerprint density at radius 2 is 1.62 bits per heavy atom. The number of amides is 1. The van der Waals surface area contributed by atoms with Crippen LogP contribution in [0.5, 0.6) is 5.75 Å². The lowest BCUT2D eigenvalue weighted by atomic mass is 10.1. The van der Waals surface area contributed by atoms with Gasteiger partial charge in [-0.3, -0.25) is 4.79 Å². The molecule has 0 saturated heterocycles. The van der Waals surface area contributed by atoms with Crippen molar-refractivity contribution in [1.29, 1.82) is 0 Å². The third-order valence-corrected chi connectivity index (χ3v) is 5.99. The monoisotopic (exact) mass is 451 g/mol. The van der Waals surface area contributed by atoms with E-state index in [1.165, 1.54) is 0 Å². The van der Waals surface area contributed by atoms with E-state index in [-0.39, 0.29) is 11.9 Å². The van der Waals surface area contributed by atoms with Crippen molar-refractivity contribution < 1.29 is 9.53 Å². The van der Waals surface area contributed by atoms with Gasteiger partial charge in [-0.25, -0.2) is 9.97 Å². The lowest BCUT2D eigenvalue weighted by Crippen LogP contribution is -2.27. The number of nitrogens with two attached hydrogens (primary N) is 1. The summed E-state index contributed by atoms with van der Waals surface area (Å²) in [6.07, 6.45) is 0. The van der Waals surface area contributed by atoms with Crippen LogP contribution in [0, 0.1) is 0 Å². The number of hydrogen-bond acceptors (Lipinski definition) is 5. The van der Waals surface area contributed by atoms with E-state index in [0.717, 1.165) is 22.4 Å². The molecule has 170 valence electrons. The van der Waals surface area contributed by atoms with Gasteiger partial charge in [0.15, 0.2) is 5.65 Å². The Balaban J connectivity index is 1.64. The van der Waals surface area contributed by atoms with Crippen LogP contribution in [0.15, 0.2) is 78.9 Å². The fraction of sp³-hybridized carbons (Fsp3) is 0.148. The van der Waals surface area contributed by atoms with Gasteiger partial charge < -0.3 is 20.4 Å². The van der Waals surface area contributed by atoms with Gasteiger partial charge in [0.25, 0.3) is 5.91 Å². The quantitative estimate of drug-likeness (QED) is 0.390. The van der Waals surface area contributed by atoms with Crippen LogP contribution in [-0.4, -0.2) is 27.6 Å². The van der Waals surface area contributed by atoms with E-state index in [4.69, 9.17) is 20.4 Å². The summed E-state index contributed by atoms with van der Waals surface area (Å²) >= 11 is 0. The van der Waals surface area contributed by atoms with E-state index in [0.29, 0.717) is 34.6 Å². The molecule has 5 rings (SSSR count). The molecule has 1 unspecified atom stereocenters. The Kier molecular flexibility index (Phi) is 5.59. The molecule has 34 heavy (non-hydrogen) atoms. The predicted molar refractivity (Wildman–Crippen MR) is 134 cm³/mol. The second kappa shape index (κ2) is 8.86. The number of fused-ring (bicyclic) bond motifs is 2. The number of anilines is 1. The average Bonchev–Trinajstić information content (AvgIpc) is 3.13. The number of nitrogens with zero attached hydrogens (tertiary/aromatic N) is 3. The number of nitrogens with one attached hydrogen (secondary N) is 1. The van der Waals surface area contributed by atoms with Gasteiger partial charge in [-0.05, 0) is 30.7 Å². The smallest absolute Gasteiger partial charge is 0.257 e. The maximum absolute atomic E-state index is 13.5. The number of hydrogen-bond donors (Lipinski definition) is 2. The van der Waals surface area contributed by atoms with Crippen LogP contribution < -0.4 is 15.8 Å². The summed E-state index contributed by atoms with van der Waals surface area (Å²) in [6.45, 7) is 2.33. The van der Waals surface area contributed by atoms with Gasteiger partial charge in [0, 0.05) is 5.56 Å². The first-order chi connectivity index (χ1) is 16.6. The van der Waals surface area contributed by atoms with Crippen LogP contribution in [0.25, 0.3) is 22.2 Å². The number of carbonyl (C=O) groups is 1. The summed E-state index contributed by atoms with van der Waals surface area (Å²) in [4.78, 5) is 23.1. The van der Waals surface area contributed by atoms with E-state index in [1.54, 1.807) is 7.11 Å². The van der Waals surface area contributed by atoms with Crippen LogP contribution in [-0.2, 0) is 6.54 Å². The standard InChI is InChI=1S/C27H25N5O2/c1-17(18-10-4-3-5-11-18)29-27(33)23-24-26(31-21-14-8-7-13-20(21)30-24)32(25(23)28)16-19-12-6-9-15-22(19)34-2/h3-15,17H,16,28H2,1-2H3,(H,29,33). The van der Waals surface area contributed by atoms with E-state index >= 15 is 0 Å². The zero-order valence-corrected chi connectivity index (χ0v) is 19.0. The van der Waals surface area contributed by atoms with Crippen LogP contribution in [0.1, 0.15) is 34.5 Å². The van der Waals surface area contributed by atoms with Crippen molar-refractivity contribution in [1.82, 2.24) is 19.9 Å². The molecule has 5 aromatic rings. The first-order valence-electron chi connectivity index (χ1n) is 11.1. The molecule has 0 aliphatic carbocycles. The number of carbonyl (C=O) groups excluding carboxylic acids is 1. The SMILES string of the molecule is COc1ccccc1Cn1c(N)c(C(=O)NC(C)c2ccccc2)c2nc3ccccc3nc21. The van der Waals surface area contributed by atoms with Gasteiger partial charge in [0.2, 0.25) is 0 Å². The lowest BCUT2D eigenvalue weighted by Gasteiger charge is -2.14. The number of ether oxygens (including phenoxy) is 1. The minimum absolute atomic E-state index is 0.200. The van der Waals surface area contributed by atoms with Crippen molar-refractivity contribution in [2.45, 2.75) is 19.5 Å². The minimum Gasteiger partial charge on any atom is -0.496 e. The van der Waals surface area contributed by atoms with Gasteiger partial charge >= 0.3 is 0 Å². The van der Waals surface area contributed by atoms with Crippen molar-refractivity contribution in [3.63, 3.8) is 0 Å². The summed E-state index contributed by atoms with van der Waals surface area (Å²) in [5, 5.41) is 3.07. The van der Waals surface area contributed by atoms with Crippen LogP contribution >= 0.6 is 0 Å². The maximum Gasteiger partial charge on any atom is 0.257 e. The summed E-state index contributed by atoms with van der Waals surface area (Å²) in [5.74, 6) is 0.761. The predicted octanol–water partition coefficient (Wildman–Crippen LogP) is 4.71. The number of para-hydroxylation sites is 3. The van der Waals surface area contributed by atoms with Gasteiger partial charge in [0.05, 0.1) is 30.7 Å². The molecule has 7 heteroatoms. The zero-order valence-electron chi connectivity index (χ0n) is 19.0. The minimum atomic E-state index is -0.290. The highest BCUT2D eigenvalue weighted by molar-refractivity contribution is 6.10. The van der Waals surface area contributed by atoms with Gasteiger partial charge in [-0.2, -0.15) is 0 Å². The average molecular weight is 452 g/mol. The number of aromatic nitrogens is 3. The second-order valence-electron chi connectivity index (χ2n) is 8.15. The molecular formula is C27H25N5O2. The molecule has 0 spiro atoms. The summed E-state index contributed by atoms with van der Waals surface area (Å²) in [5.41, 5.74) is 11.3. The highest BCUT2D eigenvalue weighted by atomic mass is 16.5. The molecule has 0 aliphatic heterocycles. The molecule has 0 aliphatic rings. The highest BCUT2D eigenvalue weighted by Gasteiger charge is 2.25. The van der Waals surface area contributed by atoms with Gasteiger partial charge in [-0.15, -0.1) is 0 Å². The van der Waals surface area contributed by atoms with Crippen molar-refractivity contribution in [2.75, 3.05) is 12.8 Å². The third-order valence-electron chi connectivity index (χ3n) is 5.99. The van der Waals surface area contributed by atoms with E-state index in [9.17, 15) is 4.79 Å². The topological polar surface area (TPSA) is 95.1 Å². The lowest BCUT2D eigenvalue weighted by molar-refractivity contribution is 0.0942. The second-order valence-corrected chi connectivity index (χ2v) is 8.15. The third kappa shape index (κ3) is 3.81. The molecule has 3 aromatic carbocycles. The van der Waals surface area contributed by atoms with Crippen LogP contribution in [0.3, 0.4) is 0 Å². The normalized spacial score (nSPS) is 12.1. The van der Waals surface area contributed by atoms with E-state index < -0.39 is 0 Å². The molecule has 0 fully saturated rings. The fourth-order valence-electron chi connectivity index (χ4n) is 4.20. The van der Waals surface area contributed by atoms with Crippen molar-refractivity contribution in [3.05, 3.63) is 95.6 Å². The van der Waals surface area contributed by atoms with Gasteiger partial charge in [-0.1, -0.05) is 60.7 Å². The Labute approximate surface area is 197 Å². The molecule has 2 heterocycles. The summed E-state index contributed by atoms with van der Waals surface area (Å²) < 4.78 is 7.35. The van der Waals surface area contributed by atoms with Crippen molar-refractivity contribution in [2.24, 2.45) is 0 Å². The van der Waals surface area contributed by atoms with Crippen molar-refractivity contribution in [3.8, 4) is 5.75 Å². The fourth-order valence-corrected chi connectivity index (χ4v) is 4.20. The summed E-state index contributed by atoms with van der Waals surface area (Å²) in [6, 6.07) is 24.9. The molecule has 3 N–H and O–H groups in total. The first kappa shape index (κ1) is 21.5. The molecule has 2 aromatic heterocycles. The number of nitrogen functional groups attached to an aromatic ring is 1. The molecule has 0 bridgehead atoms. The van der Waals surface area contributed by atoms with E-state index in [2.05, 4.69) is 5.32 Å². The molecule has 0 saturated carbocycles. The van der Waals surface area contributed by atoms with Crippen LogP contribution in [0.2, 0.25) is 0 Å². The Morgan fingerprint density at radius 3 is 2.35 bits per heavy atom. The number of rotatable bonds is 6. The largest absolute Gasteiger partial charge is 0.496 e. The van der Waals surface area contributed by atoms with Gasteiger partial charge in [0.1, 0.15) is 22.6 Å². The molecule has 0 radical (unpaired) electrons. The molecule has 1 atom stereocenters. The van der Waals surface area contributed by atoms with Crippen LogP contribution in [0.4, 0.5) is 5.82 Å². The Hall–Kier alpha value is -4.39. The molecule has 1 amide bonds. The molecular weight excluding hydrogens is 426 g/mol. The summed E-state index contributed by atoms with van der Waals surface area (Å²) in [7, 11) is 1.63. The Morgan fingerprint density at radius 1 is 0.971 bits per heavy atom. The first-order valence-corrected chi connectivity index (χ1v) is 11.1. The Bertz CT molecular complexity index is 1490. The maximum atomic E-state index is 13.5. The molecule has 7 nitrogen and oxygen atoms in total. The van der Waals surface area contributed by atoms with Crippen molar-refractivity contribution >= 4 is 33.9 Å².